The van der Waals surface area contributed by atoms with Gasteiger partial charge in [0.1, 0.15) is 19.1 Å². The molecule has 0 saturated heterocycles. The first kappa shape index (κ1) is 18.7. The largest absolute Gasteiger partial charge is 0.489 e. The van der Waals surface area contributed by atoms with Gasteiger partial charge in [-0.15, -0.1) is 0 Å². The fourth-order valence-electron chi connectivity index (χ4n) is 2.91. The van der Waals surface area contributed by atoms with Gasteiger partial charge in [-0.05, 0) is 36.7 Å². The molecular formula is C22H29NO2Si. The minimum absolute atomic E-state index is 0.582. The van der Waals surface area contributed by atoms with Gasteiger partial charge in [0.25, 0.3) is 0 Å². The van der Waals surface area contributed by atoms with E-state index < -0.39 is 8.07 Å². The monoisotopic (exact) mass is 367 g/mol. The van der Waals surface area contributed by atoms with Gasteiger partial charge in [0.05, 0.1) is 5.52 Å². The number of aromatic nitrogens is 1. The summed E-state index contributed by atoms with van der Waals surface area (Å²) in [6.45, 7) is 11.3. The highest BCUT2D eigenvalue weighted by Gasteiger charge is 2.13. The summed E-state index contributed by atoms with van der Waals surface area (Å²) in [6, 6.07) is 19.9. The van der Waals surface area contributed by atoms with Crippen LogP contribution < -0.4 is 4.74 Å². The molecule has 3 aromatic rings. The summed E-state index contributed by atoms with van der Waals surface area (Å²) in [6.07, 6.45) is 0. The van der Waals surface area contributed by atoms with E-state index in [0.29, 0.717) is 13.3 Å². The second-order valence-electron chi connectivity index (χ2n) is 8.06. The van der Waals surface area contributed by atoms with Crippen molar-refractivity contribution in [3.8, 4) is 5.75 Å². The van der Waals surface area contributed by atoms with Gasteiger partial charge in [-0.25, -0.2) is 0 Å². The maximum Gasteiger partial charge on any atom is 0.123 e. The van der Waals surface area contributed by atoms with Gasteiger partial charge in [-0.2, -0.15) is 0 Å². The molecule has 138 valence electrons. The lowest BCUT2D eigenvalue weighted by molar-refractivity contribution is 0.0890. The number of ether oxygens (including phenoxy) is 2. The molecule has 2 aromatic carbocycles. The first-order valence-corrected chi connectivity index (χ1v) is 13.0. The summed E-state index contributed by atoms with van der Waals surface area (Å²) in [5.41, 5.74) is 3.56. The van der Waals surface area contributed by atoms with Crippen molar-refractivity contribution in [2.75, 3.05) is 6.61 Å². The number of hydrogen-bond acceptors (Lipinski definition) is 2. The SMILES string of the molecule is Cc1cc2ccc(OCc3ccccc3)cc2n1COCC[Si](C)(C)C. The first-order chi connectivity index (χ1) is 12.4. The number of nitrogens with zero attached hydrogens (tertiary/aromatic N) is 1. The van der Waals surface area contributed by atoms with Crippen LogP contribution in [0.4, 0.5) is 0 Å². The molecule has 1 heterocycles. The predicted molar refractivity (Wildman–Crippen MR) is 112 cm³/mol. The second-order valence-corrected chi connectivity index (χ2v) is 13.7. The molecule has 26 heavy (non-hydrogen) atoms. The average Bonchev–Trinajstić information content (AvgIpc) is 2.92. The third kappa shape index (κ3) is 4.99. The van der Waals surface area contributed by atoms with Crippen LogP contribution in [0.5, 0.6) is 5.75 Å². The van der Waals surface area contributed by atoms with Crippen molar-refractivity contribution in [2.24, 2.45) is 0 Å². The summed E-state index contributed by atoms with van der Waals surface area (Å²) in [7, 11) is -1.05. The number of aryl methyl sites for hydroxylation is 1. The third-order valence-corrected chi connectivity index (χ3v) is 6.25. The summed E-state index contributed by atoms with van der Waals surface area (Å²) >= 11 is 0. The van der Waals surface area contributed by atoms with Gasteiger partial charge >= 0.3 is 0 Å². The lowest BCUT2D eigenvalue weighted by Crippen LogP contribution is -2.22. The molecular weight excluding hydrogens is 338 g/mol. The van der Waals surface area contributed by atoms with Crippen LogP contribution in [-0.4, -0.2) is 19.2 Å². The Balaban J connectivity index is 1.69. The fourth-order valence-corrected chi connectivity index (χ4v) is 3.67. The zero-order valence-electron chi connectivity index (χ0n) is 16.3. The van der Waals surface area contributed by atoms with E-state index in [4.69, 9.17) is 9.47 Å². The average molecular weight is 368 g/mol. The van der Waals surface area contributed by atoms with Crippen molar-refractivity contribution < 1.29 is 9.47 Å². The summed E-state index contributed by atoms with van der Waals surface area (Å²) in [5.74, 6) is 0.891. The van der Waals surface area contributed by atoms with Gasteiger partial charge in [0, 0.05) is 31.8 Å². The number of fused-ring (bicyclic) bond motifs is 1. The van der Waals surface area contributed by atoms with E-state index in [9.17, 15) is 0 Å². The Morgan fingerprint density at radius 1 is 0.962 bits per heavy atom. The number of hydrogen-bond donors (Lipinski definition) is 0. The molecule has 0 bridgehead atoms. The topological polar surface area (TPSA) is 23.4 Å². The van der Waals surface area contributed by atoms with E-state index in [1.54, 1.807) is 0 Å². The van der Waals surface area contributed by atoms with Gasteiger partial charge in [-0.3, -0.25) is 0 Å². The summed E-state index contributed by atoms with van der Waals surface area (Å²) < 4.78 is 14.2. The van der Waals surface area contributed by atoms with Crippen molar-refractivity contribution in [3.63, 3.8) is 0 Å². The molecule has 4 heteroatoms. The fraction of sp³-hybridized carbons (Fsp3) is 0.364. The van der Waals surface area contributed by atoms with E-state index in [1.165, 1.54) is 28.2 Å². The van der Waals surface area contributed by atoms with Crippen LogP contribution in [-0.2, 0) is 18.1 Å². The van der Waals surface area contributed by atoms with Crippen LogP contribution in [0.15, 0.2) is 54.6 Å². The highest BCUT2D eigenvalue weighted by molar-refractivity contribution is 6.76. The van der Waals surface area contributed by atoms with Gasteiger partial charge in [0.2, 0.25) is 0 Å². The van der Waals surface area contributed by atoms with E-state index in [-0.39, 0.29) is 0 Å². The molecule has 0 fully saturated rings. The smallest absolute Gasteiger partial charge is 0.123 e. The minimum atomic E-state index is -1.05. The van der Waals surface area contributed by atoms with Crippen molar-refractivity contribution in [1.82, 2.24) is 4.57 Å². The summed E-state index contributed by atoms with van der Waals surface area (Å²) in [4.78, 5) is 0. The minimum Gasteiger partial charge on any atom is -0.489 e. The predicted octanol–water partition coefficient (Wildman–Crippen LogP) is 5.84. The highest BCUT2D eigenvalue weighted by Crippen LogP contribution is 2.25. The zero-order valence-corrected chi connectivity index (χ0v) is 17.3. The van der Waals surface area contributed by atoms with Gasteiger partial charge in [-0.1, -0.05) is 50.0 Å². The van der Waals surface area contributed by atoms with E-state index >= 15 is 0 Å². The molecule has 1 aromatic heterocycles. The Labute approximate surface area is 157 Å². The van der Waals surface area contributed by atoms with E-state index in [2.05, 4.69) is 61.5 Å². The Kier molecular flexibility index (Phi) is 5.84. The quantitative estimate of drug-likeness (QED) is 0.369. The van der Waals surface area contributed by atoms with Crippen molar-refractivity contribution in [3.05, 3.63) is 65.9 Å². The van der Waals surface area contributed by atoms with E-state index in [1.807, 2.05) is 24.3 Å². The first-order valence-electron chi connectivity index (χ1n) is 9.27. The maximum absolute atomic E-state index is 5.99. The maximum atomic E-state index is 5.99. The van der Waals surface area contributed by atoms with Crippen LogP contribution in [0, 0.1) is 6.92 Å². The Bertz CT molecular complexity index is 850. The van der Waals surface area contributed by atoms with Crippen LogP contribution >= 0.6 is 0 Å². The molecule has 3 rings (SSSR count). The third-order valence-electron chi connectivity index (χ3n) is 4.55. The molecule has 0 unspecified atom stereocenters. The standard InChI is InChI=1S/C22H29NO2Si/c1-18-14-20-10-11-21(25-16-19-8-6-5-7-9-19)15-22(20)23(18)17-24-12-13-26(2,3)4/h5-11,14-15H,12-13,16-17H2,1-4H3. The lowest BCUT2D eigenvalue weighted by Gasteiger charge is -2.16. The number of rotatable bonds is 8. The van der Waals surface area contributed by atoms with Crippen LogP contribution in [0.25, 0.3) is 10.9 Å². The zero-order chi connectivity index (χ0) is 18.6. The van der Waals surface area contributed by atoms with Crippen LogP contribution in [0.1, 0.15) is 11.3 Å². The van der Waals surface area contributed by atoms with Gasteiger partial charge in [0.15, 0.2) is 0 Å². The second kappa shape index (κ2) is 8.10. The van der Waals surface area contributed by atoms with Crippen LogP contribution in [0.3, 0.4) is 0 Å². The molecule has 0 saturated carbocycles. The number of benzene rings is 2. The Morgan fingerprint density at radius 3 is 2.46 bits per heavy atom. The normalized spacial score (nSPS) is 11.8. The van der Waals surface area contributed by atoms with Gasteiger partial charge < -0.3 is 14.0 Å². The highest BCUT2D eigenvalue weighted by atomic mass is 28.3. The molecule has 0 radical (unpaired) electrons. The molecule has 0 atom stereocenters. The van der Waals surface area contributed by atoms with Crippen molar-refractivity contribution in [2.45, 2.75) is 45.9 Å². The molecule has 3 nitrogen and oxygen atoms in total. The molecule has 0 amide bonds. The van der Waals surface area contributed by atoms with Crippen molar-refractivity contribution >= 4 is 19.0 Å². The van der Waals surface area contributed by atoms with E-state index in [0.717, 1.165) is 12.4 Å². The molecule has 0 spiro atoms. The molecule has 0 aliphatic heterocycles. The van der Waals surface area contributed by atoms with Crippen molar-refractivity contribution in [1.29, 1.82) is 0 Å². The lowest BCUT2D eigenvalue weighted by atomic mass is 10.2. The molecule has 0 aliphatic carbocycles. The Morgan fingerprint density at radius 2 is 1.73 bits per heavy atom. The Hall–Kier alpha value is -2.04. The van der Waals surface area contributed by atoms with Crippen LogP contribution in [0.2, 0.25) is 25.7 Å². The molecule has 0 aliphatic rings. The summed E-state index contributed by atoms with van der Waals surface area (Å²) in [5, 5.41) is 1.23. The molecule has 0 N–H and O–H groups in total.